The molecule has 0 aromatic carbocycles. The molecule has 0 spiro atoms. The van der Waals surface area contributed by atoms with Crippen LogP contribution in [0, 0.1) is 18.3 Å². The zero-order valence-corrected chi connectivity index (χ0v) is 23.6. The van der Waals surface area contributed by atoms with Crippen molar-refractivity contribution >= 4 is 17.2 Å². The van der Waals surface area contributed by atoms with Gasteiger partial charge in [0, 0.05) is 53.8 Å². The number of nitrogens with zero attached hydrogens (tertiary/aromatic N) is 5. The third kappa shape index (κ3) is 6.23. The zero-order chi connectivity index (χ0) is 29.4. The molecule has 1 fully saturated rings. The van der Waals surface area contributed by atoms with Crippen LogP contribution in [0.5, 0.6) is 5.75 Å². The number of aryl methyl sites for hydroxylation is 1. The van der Waals surface area contributed by atoms with Crippen molar-refractivity contribution in [3.8, 4) is 22.9 Å². The molecule has 0 unspecified atom stereocenters. The molecule has 0 aliphatic carbocycles. The van der Waals surface area contributed by atoms with E-state index < -0.39 is 11.1 Å². The van der Waals surface area contributed by atoms with Gasteiger partial charge in [0.15, 0.2) is 5.43 Å². The molecule has 4 aromatic rings. The Hall–Kier alpha value is -4.69. The van der Waals surface area contributed by atoms with Crippen LogP contribution in [0.4, 0.5) is 5.82 Å². The van der Waals surface area contributed by atoms with Crippen molar-refractivity contribution < 1.29 is 14.6 Å². The summed E-state index contributed by atoms with van der Waals surface area (Å²) in [6, 6.07) is 10.7. The van der Waals surface area contributed by atoms with Crippen molar-refractivity contribution in [2.75, 3.05) is 24.6 Å². The van der Waals surface area contributed by atoms with Crippen LogP contribution in [0.3, 0.4) is 0 Å². The summed E-state index contributed by atoms with van der Waals surface area (Å²) in [5.41, 5.74) is 1.90. The van der Waals surface area contributed by atoms with E-state index in [1.165, 1.54) is 18.3 Å². The number of fused-ring (bicyclic) bond motifs is 1. The van der Waals surface area contributed by atoms with E-state index in [4.69, 9.17) is 9.72 Å². The van der Waals surface area contributed by atoms with Gasteiger partial charge in [0.2, 0.25) is 0 Å². The number of carbonyl (C=O) groups is 1. The first kappa shape index (κ1) is 27.9. The summed E-state index contributed by atoms with van der Waals surface area (Å²) in [7, 11) is 0. The lowest BCUT2D eigenvalue weighted by molar-refractivity contribution is 0.0283. The van der Waals surface area contributed by atoms with E-state index in [0.717, 1.165) is 16.9 Å². The third-order valence-corrected chi connectivity index (χ3v) is 7.19. The Morgan fingerprint density at radius 2 is 2.00 bits per heavy atom. The summed E-state index contributed by atoms with van der Waals surface area (Å²) in [6.45, 7) is 8.58. The molecule has 1 amide bonds. The second-order valence-corrected chi connectivity index (χ2v) is 11.5. The second kappa shape index (κ2) is 10.7. The van der Waals surface area contributed by atoms with Gasteiger partial charge < -0.3 is 25.0 Å². The second-order valence-electron chi connectivity index (χ2n) is 11.5. The van der Waals surface area contributed by atoms with E-state index in [-0.39, 0.29) is 23.6 Å². The van der Waals surface area contributed by atoms with Crippen molar-refractivity contribution in [3.05, 3.63) is 76.1 Å². The van der Waals surface area contributed by atoms with Gasteiger partial charge in [-0.25, -0.2) is 9.50 Å². The van der Waals surface area contributed by atoms with Crippen LogP contribution >= 0.6 is 0 Å². The van der Waals surface area contributed by atoms with E-state index in [1.54, 1.807) is 37.7 Å². The van der Waals surface area contributed by atoms with E-state index >= 15 is 0 Å². The molecule has 5 rings (SSSR count). The Bertz CT molecular complexity index is 1690. The van der Waals surface area contributed by atoms with Crippen molar-refractivity contribution in [2.45, 2.75) is 51.7 Å². The normalized spacial score (nSPS) is 15.0. The predicted octanol–water partition coefficient (Wildman–Crippen LogP) is 3.20. The number of piperidine rings is 1. The van der Waals surface area contributed by atoms with Gasteiger partial charge in [-0.15, -0.1) is 0 Å². The van der Waals surface area contributed by atoms with Crippen LogP contribution in [-0.2, 0) is 0 Å². The van der Waals surface area contributed by atoms with Crippen LogP contribution in [0.2, 0.25) is 0 Å². The first-order valence-electron chi connectivity index (χ1n) is 13.4. The van der Waals surface area contributed by atoms with Crippen molar-refractivity contribution in [1.29, 1.82) is 5.26 Å². The molecule has 0 saturated carbocycles. The maximum absolute atomic E-state index is 12.8. The third-order valence-electron chi connectivity index (χ3n) is 7.19. The summed E-state index contributed by atoms with van der Waals surface area (Å²) >= 11 is 0. The predicted molar refractivity (Wildman–Crippen MR) is 154 cm³/mol. The summed E-state index contributed by atoms with van der Waals surface area (Å²) < 4.78 is 7.42. The van der Waals surface area contributed by atoms with Crippen LogP contribution in [0.25, 0.3) is 16.6 Å². The number of H-pyrrole nitrogens is 1. The van der Waals surface area contributed by atoms with Crippen LogP contribution in [-0.4, -0.2) is 61.4 Å². The monoisotopic (exact) mass is 555 g/mol. The standard InChI is InChI=1S/C30H33N7O4/c1-19-11-22(38)12-25(34-19)28(39)35-30(4)7-9-36(10-8-30)26-6-5-20(15-32-26)24-13-23(41-18-29(2,3)40)17-37-27(24)21(14-31)16-33-37/h5-6,11-13,15-17,40H,7-10,18H2,1-4H3,(H,34,38)(H,35,39). The average molecular weight is 556 g/mol. The summed E-state index contributed by atoms with van der Waals surface area (Å²) in [4.78, 5) is 34.5. The first-order valence-corrected chi connectivity index (χ1v) is 13.4. The number of anilines is 1. The molecule has 11 nitrogen and oxygen atoms in total. The number of pyridine rings is 3. The number of nitriles is 1. The largest absolute Gasteiger partial charge is 0.489 e. The smallest absolute Gasteiger partial charge is 0.268 e. The summed E-state index contributed by atoms with van der Waals surface area (Å²) in [5, 5.41) is 27.1. The molecular weight excluding hydrogens is 522 g/mol. The molecule has 11 heteroatoms. The topological polar surface area (TPSA) is 149 Å². The fourth-order valence-corrected chi connectivity index (χ4v) is 4.97. The number of hydrogen-bond donors (Lipinski definition) is 3. The number of amides is 1. The number of hydrogen-bond acceptors (Lipinski definition) is 8. The minimum Gasteiger partial charge on any atom is -0.489 e. The fraction of sp³-hybridized carbons (Fsp3) is 0.367. The Balaban J connectivity index is 1.31. The number of nitrogens with one attached hydrogen (secondary N) is 2. The SMILES string of the molecule is Cc1cc(=O)cc(C(=O)NC2(C)CCN(c3ccc(-c4cc(OCC(C)(C)O)cn5ncc(C#N)c45)cn3)CC2)[nH]1. The molecule has 1 saturated heterocycles. The minimum atomic E-state index is -1.01. The lowest BCUT2D eigenvalue weighted by Crippen LogP contribution is -2.53. The molecular formula is C30H33N7O4. The molecule has 0 atom stereocenters. The fourth-order valence-electron chi connectivity index (χ4n) is 4.97. The Morgan fingerprint density at radius 3 is 2.63 bits per heavy atom. The summed E-state index contributed by atoms with van der Waals surface area (Å²) in [6.07, 6.45) is 6.39. The highest BCUT2D eigenvalue weighted by Gasteiger charge is 2.32. The van der Waals surface area contributed by atoms with Crippen molar-refractivity contribution in [1.82, 2.24) is 24.9 Å². The van der Waals surface area contributed by atoms with E-state index in [1.807, 2.05) is 25.1 Å². The average Bonchev–Trinajstić information content (AvgIpc) is 3.34. The minimum absolute atomic E-state index is 0.0960. The van der Waals surface area contributed by atoms with Gasteiger partial charge in [-0.2, -0.15) is 10.4 Å². The number of aliphatic hydroxyl groups is 1. The molecule has 0 bridgehead atoms. The maximum atomic E-state index is 12.8. The molecule has 4 aromatic heterocycles. The van der Waals surface area contributed by atoms with Gasteiger partial charge in [0.1, 0.15) is 29.9 Å². The lowest BCUT2D eigenvalue weighted by Gasteiger charge is -2.40. The summed E-state index contributed by atoms with van der Waals surface area (Å²) in [5.74, 6) is 1.03. The highest BCUT2D eigenvalue weighted by molar-refractivity contribution is 5.92. The van der Waals surface area contributed by atoms with Crippen LogP contribution in [0.1, 0.15) is 55.4 Å². The Kier molecular flexibility index (Phi) is 7.28. The Labute approximate surface area is 237 Å². The van der Waals surface area contributed by atoms with Gasteiger partial charge in [-0.3, -0.25) is 9.59 Å². The number of rotatable bonds is 7. The van der Waals surface area contributed by atoms with E-state index in [9.17, 15) is 20.0 Å². The number of aromatic amines is 1. The van der Waals surface area contributed by atoms with Gasteiger partial charge in [-0.1, -0.05) is 0 Å². The number of carbonyl (C=O) groups excluding carboxylic acids is 1. The van der Waals surface area contributed by atoms with Gasteiger partial charge >= 0.3 is 0 Å². The molecule has 1 aliphatic rings. The zero-order valence-electron chi connectivity index (χ0n) is 23.6. The van der Waals surface area contributed by atoms with Crippen molar-refractivity contribution in [3.63, 3.8) is 0 Å². The van der Waals surface area contributed by atoms with E-state index in [2.05, 4.69) is 26.4 Å². The number of ether oxygens (including phenoxy) is 1. The van der Waals surface area contributed by atoms with Gasteiger partial charge in [0.25, 0.3) is 5.91 Å². The van der Waals surface area contributed by atoms with E-state index in [0.29, 0.717) is 48.5 Å². The highest BCUT2D eigenvalue weighted by Crippen LogP contribution is 2.32. The highest BCUT2D eigenvalue weighted by atomic mass is 16.5. The van der Waals surface area contributed by atoms with Gasteiger partial charge in [0.05, 0.1) is 29.1 Å². The number of aromatic nitrogens is 4. The molecule has 212 valence electrons. The first-order chi connectivity index (χ1) is 19.4. The molecule has 3 N–H and O–H groups in total. The lowest BCUT2D eigenvalue weighted by atomic mass is 9.89. The van der Waals surface area contributed by atoms with Crippen LogP contribution < -0.4 is 20.4 Å². The van der Waals surface area contributed by atoms with Crippen molar-refractivity contribution in [2.24, 2.45) is 0 Å². The maximum Gasteiger partial charge on any atom is 0.268 e. The molecule has 41 heavy (non-hydrogen) atoms. The molecule has 5 heterocycles. The Morgan fingerprint density at radius 1 is 1.24 bits per heavy atom. The van der Waals surface area contributed by atoms with Crippen LogP contribution in [0.15, 0.2) is 53.7 Å². The quantitative estimate of drug-likeness (QED) is 0.315. The molecule has 0 radical (unpaired) electrons. The molecule has 1 aliphatic heterocycles. The van der Waals surface area contributed by atoms with Gasteiger partial charge in [-0.05, 0) is 58.7 Å².